The van der Waals surface area contributed by atoms with E-state index < -0.39 is 66.3 Å². The minimum Gasteiger partial charge on any atom is -0.481 e. The maximum absolute atomic E-state index is 13.9. The summed E-state index contributed by atoms with van der Waals surface area (Å²) in [6, 6.07) is 19.0. The van der Waals surface area contributed by atoms with Gasteiger partial charge in [-0.3, -0.25) is 24.1 Å². The van der Waals surface area contributed by atoms with E-state index in [1.54, 1.807) is 79.7 Å². The fourth-order valence-electron chi connectivity index (χ4n) is 5.09. The van der Waals surface area contributed by atoms with E-state index in [2.05, 4.69) is 10.6 Å². The first kappa shape index (κ1) is 32.4. The van der Waals surface area contributed by atoms with Gasteiger partial charge in [-0.15, -0.1) is 0 Å². The predicted molar refractivity (Wildman–Crippen MR) is 158 cm³/mol. The van der Waals surface area contributed by atoms with Crippen LogP contribution in [0.3, 0.4) is 0 Å². The van der Waals surface area contributed by atoms with Crippen LogP contribution in [0.4, 0.5) is 4.79 Å². The highest BCUT2D eigenvalue weighted by atomic mass is 16.4. The van der Waals surface area contributed by atoms with Crippen LogP contribution in [0.5, 0.6) is 0 Å². The average Bonchev–Trinajstić information content (AvgIpc) is 3.20. The van der Waals surface area contributed by atoms with Crippen LogP contribution in [0, 0.1) is 0 Å². The quantitative estimate of drug-likeness (QED) is 0.178. The zero-order chi connectivity index (χ0) is 32.7. The number of benzene rings is 3. The molecule has 234 valence electrons. The zero-order valence-corrected chi connectivity index (χ0v) is 24.3. The number of nitrogens with one attached hydrogen (secondary N) is 2. The molecule has 0 radical (unpaired) electrons. The summed E-state index contributed by atoms with van der Waals surface area (Å²) in [5.41, 5.74) is 0.402. The van der Waals surface area contributed by atoms with E-state index in [1.807, 2.05) is 0 Å². The van der Waals surface area contributed by atoms with Crippen LogP contribution in [0.15, 0.2) is 84.9 Å². The predicted octanol–water partition coefficient (Wildman–Crippen LogP) is 1.76. The molecule has 13 heteroatoms. The molecule has 1 fully saturated rings. The van der Waals surface area contributed by atoms with Gasteiger partial charge in [0.15, 0.2) is 6.04 Å². The molecule has 0 unspecified atom stereocenters. The van der Waals surface area contributed by atoms with Crippen molar-refractivity contribution >= 4 is 35.7 Å². The Morgan fingerprint density at radius 1 is 0.822 bits per heavy atom. The number of aliphatic carboxylic acids is 2. The van der Waals surface area contributed by atoms with Gasteiger partial charge in [-0.05, 0) is 29.2 Å². The maximum atomic E-state index is 13.9. The van der Waals surface area contributed by atoms with Crippen molar-refractivity contribution in [2.75, 3.05) is 6.54 Å². The topological polar surface area (TPSA) is 194 Å². The molecule has 0 spiro atoms. The third-order valence-corrected chi connectivity index (χ3v) is 7.54. The highest BCUT2D eigenvalue weighted by Crippen LogP contribution is 2.38. The van der Waals surface area contributed by atoms with Crippen molar-refractivity contribution in [1.82, 2.24) is 20.4 Å². The second-order valence-corrected chi connectivity index (χ2v) is 10.6. The highest BCUT2D eigenvalue weighted by molar-refractivity contribution is 6.09. The van der Waals surface area contributed by atoms with E-state index in [9.17, 15) is 44.1 Å². The van der Waals surface area contributed by atoms with Crippen molar-refractivity contribution < 1.29 is 44.1 Å². The van der Waals surface area contributed by atoms with Crippen LogP contribution in [0.2, 0.25) is 0 Å². The fourth-order valence-corrected chi connectivity index (χ4v) is 5.09. The number of carbonyl (C=O) groups excluding carboxylic acids is 4. The van der Waals surface area contributed by atoms with Gasteiger partial charge in [-0.1, -0.05) is 84.9 Å². The van der Waals surface area contributed by atoms with E-state index in [-0.39, 0.29) is 18.7 Å². The number of rotatable bonds is 13. The van der Waals surface area contributed by atoms with Gasteiger partial charge < -0.3 is 30.9 Å². The zero-order valence-electron chi connectivity index (χ0n) is 24.3. The molecule has 13 nitrogen and oxygen atoms in total. The SMILES string of the molecule is C[C@]1(c2ccc(CO)cc2)C(=O)N(CC(=O)N[C@@H](CC(=O)O)C(=O)N[C@H](C(=O)O)c2ccccc2)C(=O)N1Cc1ccccc1. The van der Waals surface area contributed by atoms with E-state index in [1.165, 1.54) is 17.0 Å². The summed E-state index contributed by atoms with van der Waals surface area (Å²) in [5, 5.41) is 33.0. The van der Waals surface area contributed by atoms with Gasteiger partial charge in [0.1, 0.15) is 18.1 Å². The Kier molecular flexibility index (Phi) is 9.94. The number of hydrogen-bond acceptors (Lipinski definition) is 7. The van der Waals surface area contributed by atoms with Gasteiger partial charge in [0.25, 0.3) is 5.91 Å². The molecule has 0 aliphatic carbocycles. The smallest absolute Gasteiger partial charge is 0.330 e. The summed E-state index contributed by atoms with van der Waals surface area (Å²) in [7, 11) is 0. The van der Waals surface area contributed by atoms with Crippen molar-refractivity contribution in [3.05, 3.63) is 107 Å². The Labute approximate surface area is 258 Å². The summed E-state index contributed by atoms with van der Waals surface area (Å²) in [6.07, 6.45) is -0.893. The van der Waals surface area contributed by atoms with Crippen molar-refractivity contribution in [1.29, 1.82) is 0 Å². The molecule has 1 heterocycles. The standard InChI is InChI=1S/C32H32N4O9/c1-32(23-14-12-21(19-37)13-15-23)30(44)35(31(45)36(32)17-20-8-4-2-5-9-20)18-25(38)33-24(16-26(39)40)28(41)34-27(29(42)43)22-10-6-3-7-11-22/h2-15,24,27,37H,16-19H2,1H3,(H,33,38)(H,34,41)(H,39,40)(H,42,43)/t24-,27-,32-/m0/s1. The van der Waals surface area contributed by atoms with Gasteiger partial charge in [0.2, 0.25) is 11.8 Å². The summed E-state index contributed by atoms with van der Waals surface area (Å²) in [5.74, 6) is -5.69. The molecule has 1 saturated heterocycles. The Bertz CT molecular complexity index is 1580. The molecule has 1 aliphatic rings. The second kappa shape index (κ2) is 13.8. The van der Waals surface area contributed by atoms with Gasteiger partial charge in [0.05, 0.1) is 13.0 Å². The Balaban J connectivity index is 1.57. The first-order valence-corrected chi connectivity index (χ1v) is 13.9. The van der Waals surface area contributed by atoms with Crippen LogP contribution in [-0.4, -0.2) is 73.4 Å². The van der Waals surface area contributed by atoms with Crippen LogP contribution < -0.4 is 10.6 Å². The summed E-state index contributed by atoms with van der Waals surface area (Å²) in [4.78, 5) is 79.3. The Morgan fingerprint density at radius 3 is 1.98 bits per heavy atom. The minimum absolute atomic E-state index is 0.0158. The highest BCUT2D eigenvalue weighted by Gasteiger charge is 2.55. The average molecular weight is 617 g/mol. The number of nitrogens with zero attached hydrogens (tertiary/aromatic N) is 2. The number of carboxylic acid groups (broad SMARTS) is 2. The molecule has 0 aromatic heterocycles. The van der Waals surface area contributed by atoms with Crippen molar-refractivity contribution in [3.63, 3.8) is 0 Å². The number of carbonyl (C=O) groups is 6. The van der Waals surface area contributed by atoms with E-state index in [0.29, 0.717) is 16.7 Å². The number of carboxylic acids is 2. The van der Waals surface area contributed by atoms with Crippen molar-refractivity contribution in [2.45, 2.75) is 44.1 Å². The molecule has 45 heavy (non-hydrogen) atoms. The van der Waals surface area contributed by atoms with Crippen LogP contribution >= 0.6 is 0 Å². The number of urea groups is 1. The normalized spacial score (nSPS) is 17.5. The van der Waals surface area contributed by atoms with Crippen LogP contribution in [-0.2, 0) is 42.7 Å². The lowest BCUT2D eigenvalue weighted by Gasteiger charge is -2.32. The van der Waals surface area contributed by atoms with Crippen molar-refractivity contribution in [3.8, 4) is 0 Å². The first-order valence-electron chi connectivity index (χ1n) is 13.9. The van der Waals surface area contributed by atoms with Gasteiger partial charge >= 0.3 is 18.0 Å². The number of amides is 5. The molecule has 0 bridgehead atoms. The molecular weight excluding hydrogens is 584 g/mol. The number of imide groups is 1. The second-order valence-electron chi connectivity index (χ2n) is 10.6. The summed E-state index contributed by atoms with van der Waals surface area (Å²) in [6.45, 7) is 0.492. The summed E-state index contributed by atoms with van der Waals surface area (Å²) >= 11 is 0. The fraction of sp³-hybridized carbons (Fsp3) is 0.250. The molecule has 4 rings (SSSR count). The van der Waals surface area contributed by atoms with Crippen molar-refractivity contribution in [2.24, 2.45) is 0 Å². The first-order chi connectivity index (χ1) is 21.4. The Hall–Kier alpha value is -5.56. The third-order valence-electron chi connectivity index (χ3n) is 7.54. The Morgan fingerprint density at radius 2 is 1.42 bits per heavy atom. The van der Waals surface area contributed by atoms with Gasteiger partial charge in [-0.25, -0.2) is 9.59 Å². The largest absolute Gasteiger partial charge is 0.481 e. The maximum Gasteiger partial charge on any atom is 0.330 e. The monoisotopic (exact) mass is 616 g/mol. The number of hydrogen-bond donors (Lipinski definition) is 5. The van der Waals surface area contributed by atoms with E-state index >= 15 is 0 Å². The minimum atomic E-state index is -1.72. The molecule has 3 atom stereocenters. The van der Waals surface area contributed by atoms with E-state index in [4.69, 9.17) is 0 Å². The van der Waals surface area contributed by atoms with Crippen LogP contribution in [0.1, 0.15) is 41.6 Å². The molecule has 1 aliphatic heterocycles. The number of aliphatic hydroxyl groups is 1. The molecule has 3 aromatic carbocycles. The molecule has 3 aromatic rings. The lowest BCUT2D eigenvalue weighted by molar-refractivity contribution is -0.144. The lowest BCUT2D eigenvalue weighted by Crippen LogP contribution is -2.52. The third kappa shape index (κ3) is 7.16. The number of aliphatic hydroxyl groups excluding tert-OH is 1. The molecule has 0 saturated carbocycles. The van der Waals surface area contributed by atoms with Gasteiger partial charge in [-0.2, -0.15) is 0 Å². The van der Waals surface area contributed by atoms with Gasteiger partial charge in [0, 0.05) is 6.54 Å². The molecule has 5 N–H and O–H groups in total. The van der Waals surface area contributed by atoms with Crippen LogP contribution in [0.25, 0.3) is 0 Å². The van der Waals surface area contributed by atoms with E-state index in [0.717, 1.165) is 4.90 Å². The molecular formula is C32H32N4O9. The summed E-state index contributed by atoms with van der Waals surface area (Å²) < 4.78 is 0. The lowest BCUT2D eigenvalue weighted by atomic mass is 9.89. The molecule has 5 amide bonds.